The van der Waals surface area contributed by atoms with Crippen molar-refractivity contribution in [3.63, 3.8) is 0 Å². The van der Waals surface area contributed by atoms with Gasteiger partial charge in [-0.15, -0.1) is 0 Å². The first-order valence-corrected chi connectivity index (χ1v) is 8.89. The average molecular weight is 341 g/mol. The van der Waals surface area contributed by atoms with E-state index in [9.17, 15) is 4.79 Å². The maximum atomic E-state index is 12.5. The minimum absolute atomic E-state index is 0.159. The summed E-state index contributed by atoms with van der Waals surface area (Å²) < 4.78 is 11.5. The first-order chi connectivity index (χ1) is 12.1. The Bertz CT molecular complexity index is 667. The van der Waals surface area contributed by atoms with Gasteiger partial charge in [0.2, 0.25) is 0 Å². The summed E-state index contributed by atoms with van der Waals surface area (Å²) in [5.74, 6) is 1.30. The van der Waals surface area contributed by atoms with Crippen molar-refractivity contribution < 1.29 is 14.3 Å². The molecule has 0 heterocycles. The maximum absolute atomic E-state index is 12.5. The van der Waals surface area contributed by atoms with Crippen LogP contribution in [0.3, 0.4) is 0 Å². The molecule has 2 aromatic rings. The molecule has 0 saturated carbocycles. The molecule has 2 rings (SSSR count). The molecule has 2 aromatic carbocycles. The number of ether oxygens (including phenoxy) is 2. The topological polar surface area (TPSA) is 47.6 Å². The number of carbonyl (C=O) groups is 1. The molecule has 0 fully saturated rings. The second kappa shape index (κ2) is 9.72. The van der Waals surface area contributed by atoms with Crippen LogP contribution in [-0.2, 0) is 4.79 Å². The van der Waals surface area contributed by atoms with Gasteiger partial charge in [0.25, 0.3) is 5.91 Å². The fourth-order valence-corrected chi connectivity index (χ4v) is 2.32. The van der Waals surface area contributed by atoms with Crippen molar-refractivity contribution in [2.45, 2.75) is 46.1 Å². The Morgan fingerprint density at radius 1 is 1.08 bits per heavy atom. The summed E-state index contributed by atoms with van der Waals surface area (Å²) in [5, 5.41) is 2.91. The van der Waals surface area contributed by atoms with Crippen molar-refractivity contribution >= 4 is 11.6 Å². The summed E-state index contributed by atoms with van der Waals surface area (Å²) in [6.45, 7) is 6.76. The Morgan fingerprint density at radius 2 is 1.84 bits per heavy atom. The zero-order valence-corrected chi connectivity index (χ0v) is 15.2. The van der Waals surface area contributed by atoms with Crippen LogP contribution in [0.25, 0.3) is 0 Å². The van der Waals surface area contributed by atoms with E-state index in [4.69, 9.17) is 9.47 Å². The number of carbonyl (C=O) groups excluding carboxylic acids is 1. The van der Waals surface area contributed by atoms with Crippen LogP contribution in [0.4, 0.5) is 5.69 Å². The van der Waals surface area contributed by atoms with Crippen LogP contribution in [-0.4, -0.2) is 18.6 Å². The molecular formula is C21H27NO3. The molecule has 0 aromatic heterocycles. The minimum Gasteiger partial charge on any atom is -0.494 e. The van der Waals surface area contributed by atoms with E-state index in [2.05, 4.69) is 12.2 Å². The van der Waals surface area contributed by atoms with E-state index < -0.39 is 6.10 Å². The lowest BCUT2D eigenvalue weighted by atomic mass is 10.2. The Labute approximate surface area is 150 Å². The smallest absolute Gasteiger partial charge is 0.265 e. The third kappa shape index (κ3) is 6.14. The van der Waals surface area contributed by atoms with Gasteiger partial charge in [0, 0.05) is 11.8 Å². The van der Waals surface area contributed by atoms with E-state index >= 15 is 0 Å². The molecule has 134 valence electrons. The van der Waals surface area contributed by atoms with Crippen LogP contribution in [0.15, 0.2) is 48.5 Å². The quantitative estimate of drug-likeness (QED) is 0.655. The molecule has 0 bridgehead atoms. The van der Waals surface area contributed by atoms with Gasteiger partial charge in [-0.2, -0.15) is 0 Å². The molecule has 0 aliphatic rings. The SMILES string of the molecule is CCCCOc1cccc(NC(=O)C(CC)Oc2ccc(C)cc2)c1. The molecule has 0 saturated heterocycles. The van der Waals surface area contributed by atoms with Crippen LogP contribution in [0.5, 0.6) is 11.5 Å². The molecule has 0 aliphatic carbocycles. The highest BCUT2D eigenvalue weighted by Gasteiger charge is 2.18. The third-order valence-corrected chi connectivity index (χ3v) is 3.83. The number of nitrogens with one attached hydrogen (secondary N) is 1. The zero-order chi connectivity index (χ0) is 18.1. The minimum atomic E-state index is -0.535. The van der Waals surface area contributed by atoms with Gasteiger partial charge in [-0.3, -0.25) is 4.79 Å². The molecule has 1 N–H and O–H groups in total. The van der Waals surface area contributed by atoms with Crippen molar-refractivity contribution in [2.24, 2.45) is 0 Å². The van der Waals surface area contributed by atoms with Crippen molar-refractivity contribution in [1.82, 2.24) is 0 Å². The molecule has 25 heavy (non-hydrogen) atoms. The number of hydrogen-bond acceptors (Lipinski definition) is 3. The van der Waals surface area contributed by atoms with E-state index in [1.807, 2.05) is 62.4 Å². The van der Waals surface area contributed by atoms with Gasteiger partial charge in [-0.05, 0) is 44.0 Å². The molecule has 4 heteroatoms. The highest BCUT2D eigenvalue weighted by atomic mass is 16.5. The van der Waals surface area contributed by atoms with Gasteiger partial charge in [-0.1, -0.05) is 44.0 Å². The molecule has 4 nitrogen and oxygen atoms in total. The predicted molar refractivity (Wildman–Crippen MR) is 101 cm³/mol. The van der Waals surface area contributed by atoms with Crippen molar-refractivity contribution in [3.05, 3.63) is 54.1 Å². The average Bonchev–Trinajstić information content (AvgIpc) is 2.61. The summed E-state index contributed by atoms with van der Waals surface area (Å²) in [4.78, 5) is 12.5. The summed E-state index contributed by atoms with van der Waals surface area (Å²) in [5.41, 5.74) is 1.87. The van der Waals surface area contributed by atoms with Crippen LogP contribution >= 0.6 is 0 Å². The summed E-state index contributed by atoms with van der Waals surface area (Å²) in [6, 6.07) is 15.2. The fraction of sp³-hybridized carbons (Fsp3) is 0.381. The number of anilines is 1. The van der Waals surface area contributed by atoms with Crippen molar-refractivity contribution in [2.75, 3.05) is 11.9 Å². The highest BCUT2D eigenvalue weighted by Crippen LogP contribution is 2.19. The standard InChI is InChI=1S/C21H27NO3/c1-4-6-14-24-19-9-7-8-17(15-19)22-21(23)20(5-2)25-18-12-10-16(3)11-13-18/h7-13,15,20H,4-6,14H2,1-3H3,(H,22,23). The number of aryl methyl sites for hydroxylation is 1. The number of rotatable bonds is 9. The van der Waals surface area contributed by atoms with Gasteiger partial charge in [-0.25, -0.2) is 0 Å². The molecule has 0 aliphatic heterocycles. The largest absolute Gasteiger partial charge is 0.494 e. The van der Waals surface area contributed by atoms with Crippen LogP contribution in [0.1, 0.15) is 38.7 Å². The van der Waals surface area contributed by atoms with Crippen LogP contribution in [0.2, 0.25) is 0 Å². The lowest BCUT2D eigenvalue weighted by Crippen LogP contribution is -2.32. The Morgan fingerprint density at radius 3 is 2.52 bits per heavy atom. The zero-order valence-electron chi connectivity index (χ0n) is 15.2. The number of amides is 1. The molecular weight excluding hydrogens is 314 g/mol. The molecule has 1 atom stereocenters. The van der Waals surface area contributed by atoms with E-state index in [0.717, 1.165) is 24.2 Å². The Balaban J connectivity index is 1.96. The predicted octanol–water partition coefficient (Wildman–Crippen LogP) is 4.97. The number of unbranched alkanes of at least 4 members (excludes halogenated alkanes) is 1. The lowest BCUT2D eigenvalue weighted by Gasteiger charge is -2.17. The molecule has 1 amide bonds. The second-order valence-electron chi connectivity index (χ2n) is 6.05. The van der Waals surface area contributed by atoms with E-state index in [1.165, 1.54) is 0 Å². The monoisotopic (exact) mass is 341 g/mol. The summed E-state index contributed by atoms with van der Waals surface area (Å²) in [7, 11) is 0. The Kier molecular flexibility index (Phi) is 7.33. The van der Waals surface area contributed by atoms with Crippen LogP contribution in [0, 0.1) is 6.92 Å². The van der Waals surface area contributed by atoms with Crippen molar-refractivity contribution in [1.29, 1.82) is 0 Å². The lowest BCUT2D eigenvalue weighted by molar-refractivity contribution is -0.122. The number of benzene rings is 2. The van der Waals surface area contributed by atoms with Gasteiger partial charge in [0.05, 0.1) is 6.61 Å². The van der Waals surface area contributed by atoms with Gasteiger partial charge < -0.3 is 14.8 Å². The van der Waals surface area contributed by atoms with E-state index in [1.54, 1.807) is 0 Å². The summed E-state index contributed by atoms with van der Waals surface area (Å²) >= 11 is 0. The molecule has 0 radical (unpaired) electrons. The van der Waals surface area contributed by atoms with Crippen LogP contribution < -0.4 is 14.8 Å². The molecule has 0 spiro atoms. The van der Waals surface area contributed by atoms with Gasteiger partial charge in [0.15, 0.2) is 6.10 Å². The highest BCUT2D eigenvalue weighted by molar-refractivity contribution is 5.94. The van der Waals surface area contributed by atoms with E-state index in [0.29, 0.717) is 24.5 Å². The maximum Gasteiger partial charge on any atom is 0.265 e. The Hall–Kier alpha value is -2.49. The van der Waals surface area contributed by atoms with E-state index in [-0.39, 0.29) is 5.91 Å². The van der Waals surface area contributed by atoms with Gasteiger partial charge >= 0.3 is 0 Å². The van der Waals surface area contributed by atoms with Gasteiger partial charge in [0.1, 0.15) is 11.5 Å². The number of hydrogen-bond donors (Lipinski definition) is 1. The summed E-state index contributed by atoms with van der Waals surface area (Å²) in [6.07, 6.45) is 2.16. The van der Waals surface area contributed by atoms with Crippen molar-refractivity contribution in [3.8, 4) is 11.5 Å². The first kappa shape index (κ1) is 18.8. The first-order valence-electron chi connectivity index (χ1n) is 8.89. The molecule has 1 unspecified atom stereocenters. The second-order valence-corrected chi connectivity index (χ2v) is 6.05. The fourth-order valence-electron chi connectivity index (χ4n) is 2.32. The normalized spacial score (nSPS) is 11.6. The third-order valence-electron chi connectivity index (χ3n) is 3.83.